The predicted octanol–water partition coefficient (Wildman–Crippen LogP) is 4.46. The van der Waals surface area contributed by atoms with Gasteiger partial charge >= 0.3 is 0 Å². The van der Waals surface area contributed by atoms with Crippen LogP contribution >= 0.6 is 31.9 Å². The Morgan fingerprint density at radius 3 is 2.71 bits per heavy atom. The summed E-state index contributed by atoms with van der Waals surface area (Å²) in [7, 11) is 0. The first-order chi connectivity index (χ1) is 10.1. The highest BCUT2D eigenvalue weighted by atomic mass is 79.9. The van der Waals surface area contributed by atoms with Crippen LogP contribution in [0, 0.1) is 0 Å². The molecule has 1 atom stereocenters. The average Bonchev–Trinajstić information content (AvgIpc) is 2.48. The summed E-state index contributed by atoms with van der Waals surface area (Å²) in [6.07, 6.45) is 0.876. The third kappa shape index (κ3) is 3.47. The lowest BCUT2D eigenvalue weighted by atomic mass is 10.0. The first-order valence-electron chi connectivity index (χ1n) is 6.57. The molecule has 2 aromatic rings. The molecular weight excluding hydrogens is 398 g/mol. The van der Waals surface area contributed by atoms with Crippen LogP contribution < -0.4 is 10.1 Å². The molecule has 0 saturated heterocycles. The van der Waals surface area contributed by atoms with Gasteiger partial charge in [0.05, 0.1) is 5.69 Å². The van der Waals surface area contributed by atoms with Gasteiger partial charge in [0.15, 0.2) is 6.61 Å². The van der Waals surface area contributed by atoms with E-state index in [4.69, 9.17) is 4.74 Å². The molecule has 1 heterocycles. The van der Waals surface area contributed by atoms with Gasteiger partial charge in [0.2, 0.25) is 0 Å². The minimum absolute atomic E-state index is 0.0863. The lowest BCUT2D eigenvalue weighted by molar-refractivity contribution is -0.118. The highest BCUT2D eigenvalue weighted by Gasteiger charge is 2.18. The lowest BCUT2D eigenvalue weighted by Gasteiger charge is -2.20. The van der Waals surface area contributed by atoms with Crippen molar-refractivity contribution in [1.82, 2.24) is 0 Å². The van der Waals surface area contributed by atoms with Crippen LogP contribution in [0.25, 0.3) is 0 Å². The Morgan fingerprint density at radius 1 is 1.19 bits per heavy atom. The molecule has 108 valence electrons. The Bertz CT molecular complexity index is 670. The fourth-order valence-electron chi connectivity index (χ4n) is 2.24. The fourth-order valence-corrected chi connectivity index (χ4v) is 3.16. The van der Waals surface area contributed by atoms with E-state index in [-0.39, 0.29) is 17.3 Å². The second kappa shape index (κ2) is 6.20. The number of halogens is 2. The van der Waals surface area contributed by atoms with E-state index in [1.165, 1.54) is 5.56 Å². The maximum absolute atomic E-state index is 11.4. The summed E-state index contributed by atoms with van der Waals surface area (Å²) < 4.78 is 6.44. The van der Waals surface area contributed by atoms with Crippen LogP contribution in [-0.4, -0.2) is 12.5 Å². The highest BCUT2D eigenvalue weighted by molar-refractivity contribution is 9.10. The number of ether oxygens (including phenoxy) is 1. The molecule has 21 heavy (non-hydrogen) atoms. The standard InChI is InChI=1S/C16H13Br2NO2/c17-12-4-1-10(2-5-12)7-13(18)11-3-6-15-14(8-11)19-16(20)9-21-15/h1-6,8,13H,7,9H2,(H,19,20). The van der Waals surface area contributed by atoms with E-state index in [9.17, 15) is 4.79 Å². The van der Waals surface area contributed by atoms with E-state index >= 15 is 0 Å². The van der Waals surface area contributed by atoms with Crippen LogP contribution in [0.3, 0.4) is 0 Å². The van der Waals surface area contributed by atoms with Crippen LogP contribution in [0.1, 0.15) is 16.0 Å². The van der Waals surface area contributed by atoms with E-state index in [1.54, 1.807) is 0 Å². The summed E-state index contributed by atoms with van der Waals surface area (Å²) in [5, 5.41) is 2.84. The van der Waals surface area contributed by atoms with Crippen molar-refractivity contribution in [3.8, 4) is 5.75 Å². The van der Waals surface area contributed by atoms with Crippen LogP contribution in [0.4, 0.5) is 5.69 Å². The van der Waals surface area contributed by atoms with Crippen molar-refractivity contribution in [2.45, 2.75) is 11.2 Å². The third-order valence-electron chi connectivity index (χ3n) is 3.33. The normalized spacial score (nSPS) is 14.9. The summed E-state index contributed by atoms with van der Waals surface area (Å²) in [6, 6.07) is 14.2. The molecule has 0 aliphatic carbocycles. The van der Waals surface area contributed by atoms with E-state index in [1.807, 2.05) is 30.3 Å². The molecule has 0 spiro atoms. The molecule has 1 aliphatic heterocycles. The summed E-state index contributed by atoms with van der Waals surface area (Å²) in [4.78, 5) is 11.6. The monoisotopic (exact) mass is 409 g/mol. The molecule has 0 aromatic heterocycles. The first-order valence-corrected chi connectivity index (χ1v) is 8.28. The molecule has 0 radical (unpaired) electrons. The smallest absolute Gasteiger partial charge is 0.262 e. The number of nitrogens with one attached hydrogen (secondary N) is 1. The maximum atomic E-state index is 11.4. The largest absolute Gasteiger partial charge is 0.482 e. The van der Waals surface area contributed by atoms with E-state index in [2.05, 4.69) is 49.3 Å². The fraction of sp³-hybridized carbons (Fsp3) is 0.188. The summed E-state index contributed by atoms with van der Waals surface area (Å²) in [6.45, 7) is 0.0863. The van der Waals surface area contributed by atoms with E-state index in [0.29, 0.717) is 0 Å². The number of amides is 1. The molecule has 0 saturated carbocycles. The minimum atomic E-state index is -0.112. The van der Waals surface area contributed by atoms with Crippen molar-refractivity contribution in [1.29, 1.82) is 0 Å². The zero-order chi connectivity index (χ0) is 14.8. The Balaban J connectivity index is 1.78. The number of rotatable bonds is 3. The average molecular weight is 411 g/mol. The Hall–Kier alpha value is -1.33. The summed E-state index contributed by atoms with van der Waals surface area (Å²) >= 11 is 7.16. The highest BCUT2D eigenvalue weighted by Crippen LogP contribution is 2.34. The first kappa shape index (κ1) is 14.6. The molecule has 2 aromatic carbocycles. The van der Waals surface area contributed by atoms with Gasteiger partial charge in [0.1, 0.15) is 5.75 Å². The Morgan fingerprint density at radius 2 is 1.95 bits per heavy atom. The summed E-state index contributed by atoms with van der Waals surface area (Å²) in [5.74, 6) is 0.611. The molecule has 3 rings (SSSR count). The van der Waals surface area contributed by atoms with E-state index < -0.39 is 0 Å². The van der Waals surface area contributed by atoms with Crippen molar-refractivity contribution in [3.05, 3.63) is 58.1 Å². The lowest BCUT2D eigenvalue weighted by Crippen LogP contribution is -2.25. The van der Waals surface area contributed by atoms with Crippen LogP contribution in [0.15, 0.2) is 46.9 Å². The second-order valence-corrected chi connectivity index (χ2v) is 6.91. The SMILES string of the molecule is O=C1COc2ccc(C(Br)Cc3ccc(Br)cc3)cc2N1. The third-order valence-corrected chi connectivity index (χ3v) is 4.71. The molecule has 1 N–H and O–H groups in total. The van der Waals surface area contributed by atoms with Crippen molar-refractivity contribution < 1.29 is 9.53 Å². The molecule has 3 nitrogen and oxygen atoms in total. The maximum Gasteiger partial charge on any atom is 0.262 e. The van der Waals surface area contributed by atoms with Crippen LogP contribution in [0.5, 0.6) is 5.75 Å². The van der Waals surface area contributed by atoms with Crippen molar-refractivity contribution in [2.75, 3.05) is 11.9 Å². The van der Waals surface area contributed by atoms with Gasteiger partial charge in [-0.25, -0.2) is 0 Å². The molecule has 1 amide bonds. The van der Waals surface area contributed by atoms with Gasteiger partial charge < -0.3 is 10.1 Å². The summed E-state index contributed by atoms with van der Waals surface area (Å²) in [5.41, 5.74) is 3.10. The number of carbonyl (C=O) groups is 1. The topological polar surface area (TPSA) is 38.3 Å². The van der Waals surface area contributed by atoms with Gasteiger partial charge in [0.25, 0.3) is 5.91 Å². The quantitative estimate of drug-likeness (QED) is 0.758. The molecule has 0 fully saturated rings. The Labute approximate surface area is 140 Å². The van der Waals surface area contributed by atoms with Crippen LogP contribution in [-0.2, 0) is 11.2 Å². The van der Waals surface area contributed by atoms with Gasteiger partial charge in [-0.15, -0.1) is 0 Å². The van der Waals surface area contributed by atoms with Gasteiger partial charge in [-0.05, 0) is 41.8 Å². The number of carbonyl (C=O) groups excluding carboxylic acids is 1. The molecule has 5 heteroatoms. The van der Waals surface area contributed by atoms with Gasteiger partial charge in [-0.2, -0.15) is 0 Å². The van der Waals surface area contributed by atoms with Crippen molar-refractivity contribution >= 4 is 43.5 Å². The number of anilines is 1. The van der Waals surface area contributed by atoms with Crippen molar-refractivity contribution in [3.63, 3.8) is 0 Å². The number of hydrogen-bond acceptors (Lipinski definition) is 2. The van der Waals surface area contributed by atoms with Crippen molar-refractivity contribution in [2.24, 2.45) is 0 Å². The molecular formula is C16H13Br2NO2. The van der Waals surface area contributed by atoms with Gasteiger partial charge in [-0.1, -0.05) is 50.1 Å². The van der Waals surface area contributed by atoms with Crippen LogP contribution in [0.2, 0.25) is 0 Å². The zero-order valence-electron chi connectivity index (χ0n) is 11.1. The number of benzene rings is 2. The molecule has 1 unspecified atom stereocenters. The van der Waals surface area contributed by atoms with Gasteiger partial charge in [-0.3, -0.25) is 4.79 Å². The van der Waals surface area contributed by atoms with E-state index in [0.717, 1.165) is 27.9 Å². The zero-order valence-corrected chi connectivity index (χ0v) is 14.3. The molecule has 0 bridgehead atoms. The number of alkyl halides is 1. The number of fused-ring (bicyclic) bond motifs is 1. The minimum Gasteiger partial charge on any atom is -0.482 e. The second-order valence-electron chi connectivity index (χ2n) is 4.89. The predicted molar refractivity (Wildman–Crippen MR) is 90.1 cm³/mol. The molecule has 1 aliphatic rings. The number of hydrogen-bond donors (Lipinski definition) is 1. The Kier molecular flexibility index (Phi) is 4.31. The van der Waals surface area contributed by atoms with Gasteiger partial charge in [0, 0.05) is 9.30 Å².